The van der Waals surface area contributed by atoms with E-state index in [2.05, 4.69) is 50.3 Å². The predicted molar refractivity (Wildman–Crippen MR) is 129 cm³/mol. The van der Waals surface area contributed by atoms with Gasteiger partial charge in [-0.2, -0.15) is 0 Å². The number of hydrogen-bond acceptors (Lipinski definition) is 2. The Balaban J connectivity index is 1.67. The van der Waals surface area contributed by atoms with E-state index in [1.165, 1.54) is 22.1 Å². The molecule has 3 nitrogen and oxygen atoms in total. The molecule has 0 fully saturated rings. The quantitative estimate of drug-likeness (QED) is 0.374. The average Bonchev–Trinajstić information content (AvgIpc) is 2.79. The first-order valence-corrected chi connectivity index (χ1v) is 10.7. The smallest absolute Gasteiger partial charge is 0.335 e. The molecule has 0 heterocycles. The summed E-state index contributed by atoms with van der Waals surface area (Å²) >= 11 is 0. The maximum atomic E-state index is 11.4. The Bertz CT molecular complexity index is 1390. The summed E-state index contributed by atoms with van der Waals surface area (Å²) in [6.45, 7) is 4.54. The molecule has 0 atom stereocenters. The number of carbonyl (C=O) groups is 1. The van der Waals surface area contributed by atoms with Gasteiger partial charge in [-0.25, -0.2) is 4.79 Å². The maximum absolute atomic E-state index is 11.4. The highest BCUT2D eigenvalue weighted by Gasteiger charge is 2.29. The van der Waals surface area contributed by atoms with Gasteiger partial charge in [-0.1, -0.05) is 56.3 Å². The van der Waals surface area contributed by atoms with E-state index in [9.17, 15) is 15.0 Å². The fourth-order valence-electron chi connectivity index (χ4n) is 4.58. The number of hydrogen-bond donors (Lipinski definition) is 2. The number of phenolic OH excluding ortho intramolecular Hbond substituents is 1. The number of carboxylic acid groups (broad SMARTS) is 1. The lowest BCUT2D eigenvalue weighted by Gasteiger charge is -2.33. The molecule has 0 saturated carbocycles. The van der Waals surface area contributed by atoms with Crippen LogP contribution in [0.2, 0.25) is 0 Å². The number of aromatic hydroxyl groups is 1. The number of phenols is 1. The summed E-state index contributed by atoms with van der Waals surface area (Å²) in [5.41, 5.74) is 6.98. The van der Waals surface area contributed by atoms with Crippen LogP contribution < -0.4 is 0 Å². The van der Waals surface area contributed by atoms with Gasteiger partial charge < -0.3 is 10.2 Å². The van der Waals surface area contributed by atoms with Crippen LogP contribution in [0.3, 0.4) is 0 Å². The Kier molecular flexibility index (Phi) is 4.63. The standard InChI is InChI=1S/C29H24O3/c1-29(2)13-12-25(18-8-10-24(30)11-9-18)26-16-23-15-20(6-7-21(23)17-27(26)29)19-4-3-5-22(14-19)28(31)32/h3-12,14-17,30H,13H2,1-2H3,(H,31,32). The van der Waals surface area contributed by atoms with Crippen LogP contribution in [0.1, 0.15) is 47.3 Å². The highest BCUT2D eigenvalue weighted by Crippen LogP contribution is 2.43. The van der Waals surface area contributed by atoms with E-state index in [-0.39, 0.29) is 16.7 Å². The van der Waals surface area contributed by atoms with Crippen molar-refractivity contribution in [3.05, 3.63) is 107 Å². The maximum Gasteiger partial charge on any atom is 0.335 e. The van der Waals surface area contributed by atoms with Gasteiger partial charge in [0.2, 0.25) is 0 Å². The molecule has 0 amide bonds. The molecular formula is C29H24O3. The fraction of sp³-hybridized carbons (Fsp3) is 0.138. The van der Waals surface area contributed by atoms with Gasteiger partial charge in [-0.05, 0) is 98.5 Å². The topological polar surface area (TPSA) is 57.5 Å². The van der Waals surface area contributed by atoms with Crippen LogP contribution in [0.15, 0.2) is 84.9 Å². The van der Waals surface area contributed by atoms with Crippen LogP contribution >= 0.6 is 0 Å². The lowest BCUT2D eigenvalue weighted by molar-refractivity contribution is 0.0697. The van der Waals surface area contributed by atoms with Gasteiger partial charge in [0.1, 0.15) is 5.75 Å². The van der Waals surface area contributed by atoms with Gasteiger partial charge in [0.25, 0.3) is 0 Å². The molecule has 0 radical (unpaired) electrons. The summed E-state index contributed by atoms with van der Waals surface area (Å²) in [6.07, 6.45) is 3.24. The second-order valence-corrected chi connectivity index (χ2v) is 9.10. The fourth-order valence-corrected chi connectivity index (χ4v) is 4.58. The molecule has 1 aliphatic rings. The Morgan fingerprint density at radius 1 is 0.812 bits per heavy atom. The zero-order chi connectivity index (χ0) is 22.5. The summed E-state index contributed by atoms with van der Waals surface area (Å²) in [5.74, 6) is -0.662. The van der Waals surface area contributed by atoms with Gasteiger partial charge in [-0.3, -0.25) is 0 Å². The number of rotatable bonds is 3. The SMILES string of the molecule is CC1(C)CC=C(c2ccc(O)cc2)c2cc3cc(-c4cccc(C(=O)O)c4)ccc3cc21. The van der Waals surface area contributed by atoms with Crippen LogP contribution in [0.25, 0.3) is 27.5 Å². The number of benzene rings is 4. The van der Waals surface area contributed by atoms with Crippen molar-refractivity contribution in [2.75, 3.05) is 0 Å². The van der Waals surface area contributed by atoms with Crippen molar-refractivity contribution in [2.24, 2.45) is 0 Å². The van der Waals surface area contributed by atoms with E-state index in [0.717, 1.165) is 28.5 Å². The van der Waals surface area contributed by atoms with Crippen molar-refractivity contribution in [3.8, 4) is 16.9 Å². The molecular weight excluding hydrogens is 396 g/mol. The zero-order valence-corrected chi connectivity index (χ0v) is 18.1. The van der Waals surface area contributed by atoms with Crippen LogP contribution in [0, 0.1) is 0 Å². The third-order valence-corrected chi connectivity index (χ3v) is 6.43. The molecule has 0 saturated heterocycles. The summed E-state index contributed by atoms with van der Waals surface area (Å²) in [5, 5.41) is 21.3. The molecule has 0 unspecified atom stereocenters. The Morgan fingerprint density at radius 2 is 1.53 bits per heavy atom. The summed E-state index contributed by atoms with van der Waals surface area (Å²) in [7, 11) is 0. The largest absolute Gasteiger partial charge is 0.508 e. The molecule has 5 rings (SSSR count). The van der Waals surface area contributed by atoms with E-state index < -0.39 is 5.97 Å². The predicted octanol–water partition coefficient (Wildman–Crippen LogP) is 7.02. The Morgan fingerprint density at radius 3 is 2.28 bits per heavy atom. The Hall–Kier alpha value is -3.85. The third-order valence-electron chi connectivity index (χ3n) is 6.43. The molecule has 158 valence electrons. The van der Waals surface area contributed by atoms with Gasteiger partial charge in [0, 0.05) is 0 Å². The molecule has 32 heavy (non-hydrogen) atoms. The second kappa shape index (κ2) is 7.38. The Labute approximate surface area is 187 Å². The van der Waals surface area contributed by atoms with E-state index in [1.54, 1.807) is 30.3 Å². The zero-order valence-electron chi connectivity index (χ0n) is 18.1. The first-order chi connectivity index (χ1) is 15.3. The average molecular weight is 421 g/mol. The van der Waals surface area contributed by atoms with Crippen molar-refractivity contribution in [2.45, 2.75) is 25.7 Å². The van der Waals surface area contributed by atoms with Crippen molar-refractivity contribution >= 4 is 22.3 Å². The van der Waals surface area contributed by atoms with Crippen molar-refractivity contribution < 1.29 is 15.0 Å². The molecule has 1 aliphatic carbocycles. The van der Waals surface area contributed by atoms with Crippen LogP contribution in [-0.2, 0) is 5.41 Å². The van der Waals surface area contributed by atoms with Gasteiger partial charge in [0.05, 0.1) is 5.56 Å². The third kappa shape index (κ3) is 3.46. The molecule has 4 aromatic rings. The number of aromatic carboxylic acids is 1. The first kappa shape index (κ1) is 20.1. The van der Waals surface area contributed by atoms with E-state index >= 15 is 0 Å². The van der Waals surface area contributed by atoms with Gasteiger partial charge in [0.15, 0.2) is 0 Å². The molecule has 0 aromatic heterocycles. The minimum absolute atomic E-state index is 0.0262. The van der Waals surface area contributed by atoms with Crippen LogP contribution in [-0.4, -0.2) is 16.2 Å². The number of carboxylic acids is 1. The molecule has 0 bridgehead atoms. The minimum Gasteiger partial charge on any atom is -0.508 e. The normalized spacial score (nSPS) is 14.6. The van der Waals surface area contributed by atoms with Gasteiger partial charge in [-0.15, -0.1) is 0 Å². The molecule has 0 aliphatic heterocycles. The lowest BCUT2D eigenvalue weighted by atomic mass is 9.71. The number of allylic oxidation sites excluding steroid dienone is 1. The van der Waals surface area contributed by atoms with Crippen LogP contribution in [0.4, 0.5) is 0 Å². The lowest BCUT2D eigenvalue weighted by Crippen LogP contribution is -2.21. The van der Waals surface area contributed by atoms with Crippen LogP contribution in [0.5, 0.6) is 5.75 Å². The van der Waals surface area contributed by atoms with Crippen molar-refractivity contribution in [3.63, 3.8) is 0 Å². The van der Waals surface area contributed by atoms with E-state index in [0.29, 0.717) is 0 Å². The highest BCUT2D eigenvalue weighted by molar-refractivity contribution is 5.95. The monoisotopic (exact) mass is 420 g/mol. The summed E-state index contributed by atoms with van der Waals surface area (Å²) in [4.78, 5) is 11.4. The second-order valence-electron chi connectivity index (χ2n) is 9.10. The number of fused-ring (bicyclic) bond motifs is 2. The van der Waals surface area contributed by atoms with E-state index in [4.69, 9.17) is 0 Å². The molecule has 0 spiro atoms. The summed E-state index contributed by atoms with van der Waals surface area (Å²) in [6, 6.07) is 25.3. The highest BCUT2D eigenvalue weighted by atomic mass is 16.4. The van der Waals surface area contributed by atoms with Crippen molar-refractivity contribution in [1.29, 1.82) is 0 Å². The molecule has 4 aromatic carbocycles. The minimum atomic E-state index is -0.924. The van der Waals surface area contributed by atoms with E-state index in [1.807, 2.05) is 18.2 Å². The molecule has 3 heteroatoms. The molecule has 2 N–H and O–H groups in total. The van der Waals surface area contributed by atoms with Crippen molar-refractivity contribution in [1.82, 2.24) is 0 Å². The summed E-state index contributed by atoms with van der Waals surface area (Å²) < 4.78 is 0. The van der Waals surface area contributed by atoms with Gasteiger partial charge >= 0.3 is 5.97 Å². The first-order valence-electron chi connectivity index (χ1n) is 10.7.